The van der Waals surface area contributed by atoms with E-state index in [9.17, 15) is 19.4 Å². The average molecular weight is 1180 g/mol. The Labute approximate surface area is 516 Å². The van der Waals surface area contributed by atoms with Crippen LogP contribution in [0.15, 0.2) is 85.1 Å². The Hall–Kier alpha value is -2.32. The summed E-state index contributed by atoms with van der Waals surface area (Å²) in [6.45, 7) is 4.71. The molecule has 3 unspecified atom stereocenters. The molecule has 8 nitrogen and oxygen atoms in total. The van der Waals surface area contributed by atoms with Crippen LogP contribution < -0.4 is 5.32 Å². The predicted molar refractivity (Wildman–Crippen MR) is 364 cm³/mol. The lowest BCUT2D eigenvalue weighted by molar-refractivity contribution is -0.870. The fraction of sp³-hybridized carbons (Fsp3) is 0.797. The van der Waals surface area contributed by atoms with Gasteiger partial charge < -0.3 is 19.8 Å². The Balaban J connectivity index is 4.11. The van der Waals surface area contributed by atoms with Crippen LogP contribution >= 0.6 is 7.82 Å². The van der Waals surface area contributed by atoms with Crippen molar-refractivity contribution in [1.29, 1.82) is 0 Å². The molecule has 1 amide bonds. The molecular formula is C74H138N2O6P+. The lowest BCUT2D eigenvalue weighted by atomic mass is 10.0. The van der Waals surface area contributed by atoms with Gasteiger partial charge in [-0.1, -0.05) is 324 Å². The largest absolute Gasteiger partial charge is 0.472 e. The molecule has 3 N–H and O–H groups in total. The van der Waals surface area contributed by atoms with Gasteiger partial charge in [-0.05, 0) is 83.5 Å². The molecule has 0 aromatic rings. The highest BCUT2D eigenvalue weighted by atomic mass is 31.2. The van der Waals surface area contributed by atoms with Crippen molar-refractivity contribution in [3.63, 3.8) is 0 Å². The zero-order chi connectivity index (χ0) is 60.5. The molecule has 484 valence electrons. The Morgan fingerprint density at radius 3 is 1.11 bits per heavy atom. The van der Waals surface area contributed by atoms with Crippen LogP contribution in [0.25, 0.3) is 0 Å². The van der Waals surface area contributed by atoms with Gasteiger partial charge in [0.15, 0.2) is 0 Å². The minimum Gasteiger partial charge on any atom is -0.387 e. The molecule has 0 aliphatic rings. The van der Waals surface area contributed by atoms with Crippen LogP contribution in [-0.2, 0) is 18.4 Å². The van der Waals surface area contributed by atoms with E-state index in [-0.39, 0.29) is 19.1 Å². The molecule has 0 radical (unpaired) electrons. The number of carbonyl (C=O) groups excluding carboxylic acids is 1. The molecule has 3 atom stereocenters. The number of hydrogen-bond donors (Lipinski definition) is 3. The van der Waals surface area contributed by atoms with Gasteiger partial charge in [0, 0.05) is 6.42 Å². The third-order valence-corrected chi connectivity index (χ3v) is 16.8. The highest BCUT2D eigenvalue weighted by molar-refractivity contribution is 7.47. The average Bonchev–Trinajstić information content (AvgIpc) is 3.49. The van der Waals surface area contributed by atoms with Crippen molar-refractivity contribution in [2.24, 2.45) is 0 Å². The number of amides is 1. The van der Waals surface area contributed by atoms with E-state index in [1.807, 2.05) is 27.2 Å². The summed E-state index contributed by atoms with van der Waals surface area (Å²) in [4.78, 5) is 23.4. The van der Waals surface area contributed by atoms with Crippen LogP contribution in [0, 0.1) is 0 Å². The van der Waals surface area contributed by atoms with Crippen LogP contribution in [0.2, 0.25) is 0 Å². The Morgan fingerprint density at radius 2 is 0.735 bits per heavy atom. The van der Waals surface area contributed by atoms with Crippen molar-refractivity contribution in [3.05, 3.63) is 85.1 Å². The Bertz CT molecular complexity index is 1630. The lowest BCUT2D eigenvalue weighted by Crippen LogP contribution is -2.45. The van der Waals surface area contributed by atoms with Gasteiger partial charge in [0.2, 0.25) is 5.91 Å². The summed E-state index contributed by atoms with van der Waals surface area (Å²) >= 11 is 0. The monoisotopic (exact) mass is 1180 g/mol. The number of phosphoric ester groups is 1. The van der Waals surface area contributed by atoms with Crippen LogP contribution in [0.3, 0.4) is 0 Å². The van der Waals surface area contributed by atoms with Crippen molar-refractivity contribution >= 4 is 13.7 Å². The number of quaternary nitrogens is 1. The number of nitrogens with one attached hydrogen (secondary N) is 1. The first kappa shape index (κ1) is 80.7. The molecule has 0 aromatic carbocycles. The fourth-order valence-corrected chi connectivity index (χ4v) is 11.1. The smallest absolute Gasteiger partial charge is 0.387 e. The van der Waals surface area contributed by atoms with Crippen molar-refractivity contribution < 1.29 is 32.9 Å². The molecular weight excluding hydrogens is 1040 g/mol. The fourth-order valence-electron chi connectivity index (χ4n) is 10.4. The number of aliphatic hydroxyl groups excluding tert-OH is 1. The predicted octanol–water partition coefficient (Wildman–Crippen LogP) is 22.7. The summed E-state index contributed by atoms with van der Waals surface area (Å²) in [5.41, 5.74) is 0. The van der Waals surface area contributed by atoms with Gasteiger partial charge in [0.25, 0.3) is 0 Å². The van der Waals surface area contributed by atoms with E-state index >= 15 is 0 Å². The van der Waals surface area contributed by atoms with Crippen LogP contribution in [0.4, 0.5) is 0 Å². The zero-order valence-corrected chi connectivity index (χ0v) is 56.3. The third kappa shape index (κ3) is 67.1. The number of likely N-dealkylation sites (N-methyl/N-ethyl adjacent to an activating group) is 1. The number of rotatable bonds is 65. The van der Waals surface area contributed by atoms with Crippen LogP contribution in [-0.4, -0.2) is 73.4 Å². The normalized spacial score (nSPS) is 14.2. The standard InChI is InChI=1S/C74H137N2O6P/c1-6-8-10-12-14-16-18-20-22-24-26-28-30-32-34-36-38-40-42-44-46-48-50-52-54-56-58-60-62-64-66-68-74(78)75-72(71-82-83(79,80)81-70-69-76(3,4)5)73(77)67-65-63-61-59-57-55-53-51-49-47-45-43-41-39-37-35-33-31-29-27-25-23-21-19-17-15-13-11-9-7-2/h8,10,14,16,20,22,26,28,49,51,57,59,65,67,72-73,77H,6-7,9,11-13,15,17-19,21,23-25,27,29-48,50,52-56,58,60-64,66,68-71H2,1-5H3,(H-,75,78,79,80)/p+1/b10-8-,16-14-,22-20-,28-26-,51-49+,59-57+,67-65+. The van der Waals surface area contributed by atoms with Crippen molar-refractivity contribution in [1.82, 2.24) is 5.32 Å². The summed E-state index contributed by atoms with van der Waals surface area (Å²) in [5.74, 6) is -0.188. The molecule has 0 spiro atoms. The van der Waals surface area contributed by atoms with Gasteiger partial charge in [-0.15, -0.1) is 0 Å². The molecule has 0 aliphatic carbocycles. The first-order chi connectivity index (χ1) is 40.5. The molecule has 0 aromatic heterocycles. The number of phosphoric acid groups is 1. The second kappa shape index (κ2) is 64.2. The van der Waals surface area contributed by atoms with Gasteiger partial charge >= 0.3 is 7.82 Å². The summed E-state index contributed by atoms with van der Waals surface area (Å²) in [5, 5.41) is 14.0. The molecule has 0 fully saturated rings. The minimum atomic E-state index is -4.37. The molecule has 0 rings (SSSR count). The summed E-state index contributed by atoms with van der Waals surface area (Å²) in [6.07, 6.45) is 91.7. The highest BCUT2D eigenvalue weighted by Gasteiger charge is 2.28. The topological polar surface area (TPSA) is 105 Å². The first-order valence-electron chi connectivity index (χ1n) is 35.5. The maximum absolute atomic E-state index is 13.1. The van der Waals surface area contributed by atoms with E-state index < -0.39 is 20.0 Å². The van der Waals surface area contributed by atoms with E-state index in [1.54, 1.807) is 6.08 Å². The molecule has 9 heteroatoms. The van der Waals surface area contributed by atoms with Gasteiger partial charge in [0.1, 0.15) is 13.2 Å². The Kier molecular flexibility index (Phi) is 62.4. The lowest BCUT2D eigenvalue weighted by Gasteiger charge is -2.25. The molecule has 0 aliphatic heterocycles. The van der Waals surface area contributed by atoms with E-state index in [4.69, 9.17) is 9.05 Å². The van der Waals surface area contributed by atoms with Crippen LogP contribution in [0.1, 0.15) is 328 Å². The third-order valence-electron chi connectivity index (χ3n) is 15.8. The van der Waals surface area contributed by atoms with Gasteiger partial charge in [-0.25, -0.2) is 4.57 Å². The van der Waals surface area contributed by atoms with E-state index in [0.717, 1.165) is 70.6 Å². The molecule has 0 bridgehead atoms. The number of allylic oxidation sites excluding steroid dienone is 13. The zero-order valence-electron chi connectivity index (χ0n) is 55.4. The van der Waals surface area contributed by atoms with E-state index in [2.05, 4.69) is 92.1 Å². The Morgan fingerprint density at radius 1 is 0.422 bits per heavy atom. The highest BCUT2D eigenvalue weighted by Crippen LogP contribution is 2.43. The summed E-state index contributed by atoms with van der Waals surface area (Å²) in [7, 11) is 1.55. The SMILES string of the molecule is CC/C=C\C/C=C\C/C=C\C/C=C\CCCCCCCCCCCCCCCCCCCCC(=O)NC(COP(=O)(O)OCC[N+](C)(C)C)C(O)/C=C/CC/C=C/CC/C=C/CCCCCCCCCCCCCCCCCCCCCC. The van der Waals surface area contributed by atoms with Gasteiger partial charge in [-0.3, -0.25) is 13.8 Å². The minimum absolute atomic E-state index is 0.0519. The number of hydrogen-bond acceptors (Lipinski definition) is 5. The maximum Gasteiger partial charge on any atom is 0.472 e. The number of unbranched alkanes of at least 4 members (excludes halogenated alkanes) is 40. The second-order valence-corrected chi connectivity index (χ2v) is 26.7. The van der Waals surface area contributed by atoms with E-state index in [1.165, 1.54) is 238 Å². The number of aliphatic hydroxyl groups is 1. The van der Waals surface area contributed by atoms with Crippen molar-refractivity contribution in [2.45, 2.75) is 341 Å². The quantitative estimate of drug-likeness (QED) is 0.0243. The number of nitrogens with zero attached hydrogens (tertiary/aromatic N) is 1. The molecule has 83 heavy (non-hydrogen) atoms. The molecule has 0 saturated carbocycles. The second-order valence-electron chi connectivity index (χ2n) is 25.2. The van der Waals surface area contributed by atoms with Crippen molar-refractivity contribution in [3.8, 4) is 0 Å². The van der Waals surface area contributed by atoms with Crippen molar-refractivity contribution in [2.75, 3.05) is 40.9 Å². The van der Waals surface area contributed by atoms with Crippen LogP contribution in [0.5, 0.6) is 0 Å². The van der Waals surface area contributed by atoms with E-state index in [0.29, 0.717) is 17.4 Å². The van der Waals surface area contributed by atoms with Gasteiger partial charge in [0.05, 0.1) is 39.9 Å². The summed E-state index contributed by atoms with van der Waals surface area (Å²) in [6, 6.07) is -0.875. The van der Waals surface area contributed by atoms with Gasteiger partial charge in [-0.2, -0.15) is 0 Å². The number of carbonyl (C=O) groups is 1. The maximum atomic E-state index is 13.1. The molecule has 0 heterocycles. The summed E-state index contributed by atoms with van der Waals surface area (Å²) < 4.78 is 23.8. The first-order valence-corrected chi connectivity index (χ1v) is 37.0. The molecule has 0 saturated heterocycles.